The Kier molecular flexibility index (Phi) is 7.18. The number of carboxylic acid groups (broad SMARTS) is 1. The molecule has 0 amide bonds. The van der Waals surface area contributed by atoms with Crippen LogP contribution in [0.1, 0.15) is 44.7 Å². The summed E-state index contributed by atoms with van der Waals surface area (Å²) in [5, 5.41) is 32.0. The van der Waals surface area contributed by atoms with E-state index in [2.05, 4.69) is 4.90 Å². The van der Waals surface area contributed by atoms with Gasteiger partial charge in [0.2, 0.25) is 12.2 Å². The van der Waals surface area contributed by atoms with Crippen molar-refractivity contribution in [3.63, 3.8) is 0 Å². The molecule has 5 rings (SSSR count). The molecule has 0 radical (unpaired) electrons. The van der Waals surface area contributed by atoms with Gasteiger partial charge in [-0.15, -0.1) is 0 Å². The van der Waals surface area contributed by atoms with Gasteiger partial charge >= 0.3 is 29.8 Å². The Bertz CT molecular complexity index is 1400. The van der Waals surface area contributed by atoms with E-state index in [9.17, 15) is 34.2 Å². The van der Waals surface area contributed by atoms with E-state index in [0.717, 1.165) is 26.3 Å². The summed E-state index contributed by atoms with van der Waals surface area (Å²) in [6.45, 7) is 3.47. The topological polar surface area (TPSA) is 195 Å². The number of ether oxygens (including phenoxy) is 5. The van der Waals surface area contributed by atoms with Crippen LogP contribution in [0.25, 0.3) is 0 Å². The number of piperidine rings is 1. The lowest BCUT2D eigenvalue weighted by molar-refractivity contribution is -0.194. The van der Waals surface area contributed by atoms with Gasteiger partial charge < -0.3 is 43.9 Å². The molecule has 0 aromatic heterocycles. The summed E-state index contributed by atoms with van der Waals surface area (Å²) in [4.78, 5) is 63.4. The van der Waals surface area contributed by atoms with E-state index < -0.39 is 65.3 Å². The van der Waals surface area contributed by atoms with Crippen LogP contribution >= 0.6 is 0 Å². The van der Waals surface area contributed by atoms with Gasteiger partial charge in [0.05, 0.1) is 11.0 Å². The lowest BCUT2D eigenvalue weighted by atomic mass is 9.50. The van der Waals surface area contributed by atoms with Gasteiger partial charge in [-0.2, -0.15) is 0 Å². The number of rotatable bonds is 8. The molecule has 1 fully saturated rings. The number of nitrogens with zero attached hydrogens (tertiary/aromatic N) is 1. The Balaban J connectivity index is 1.51. The molecule has 7 atom stereocenters. The molecule has 4 aliphatic rings. The van der Waals surface area contributed by atoms with Gasteiger partial charge in [-0.3, -0.25) is 9.59 Å². The number of aliphatic hydroxyl groups is 1. The van der Waals surface area contributed by atoms with Crippen molar-refractivity contribution in [1.29, 1.82) is 0 Å². The number of aromatic hydroxyl groups is 1. The fourth-order valence-corrected chi connectivity index (χ4v) is 6.73. The second kappa shape index (κ2) is 10.3. The molecule has 2 heterocycles. The van der Waals surface area contributed by atoms with E-state index in [1.807, 2.05) is 7.05 Å². The molecule has 1 saturated heterocycles. The number of likely N-dealkylation sites (N-methyl/N-ethyl adjacent to an activating group) is 1. The van der Waals surface area contributed by atoms with Crippen LogP contribution in [0.4, 0.5) is 0 Å². The molecule has 1 spiro atoms. The minimum absolute atomic E-state index is 0.0444. The fraction of sp³-hybridized carbons (Fsp3) is 0.536. The summed E-state index contributed by atoms with van der Waals surface area (Å²) in [6.07, 6.45) is -4.72. The number of benzene rings is 1. The molecule has 42 heavy (non-hydrogen) atoms. The fourth-order valence-electron chi connectivity index (χ4n) is 6.73. The van der Waals surface area contributed by atoms with Crippen molar-refractivity contribution in [2.24, 2.45) is 0 Å². The van der Waals surface area contributed by atoms with Gasteiger partial charge in [0.1, 0.15) is 5.76 Å². The van der Waals surface area contributed by atoms with E-state index >= 15 is 0 Å². The quantitative estimate of drug-likeness (QED) is 0.273. The van der Waals surface area contributed by atoms with Gasteiger partial charge in [0.25, 0.3) is 0 Å². The number of phenolic OH excluding ortho intramolecular Hbond substituents is 1. The first-order valence-electron chi connectivity index (χ1n) is 13.3. The zero-order chi connectivity index (χ0) is 30.7. The van der Waals surface area contributed by atoms with Gasteiger partial charge in [-0.25, -0.2) is 14.4 Å². The maximum absolute atomic E-state index is 13.6. The van der Waals surface area contributed by atoms with Crippen molar-refractivity contribution in [3.8, 4) is 11.5 Å². The van der Waals surface area contributed by atoms with Crippen molar-refractivity contribution in [3.05, 3.63) is 35.1 Å². The minimum atomic E-state index is -2.19. The predicted octanol–water partition coefficient (Wildman–Crippen LogP) is 0.0928. The number of carbonyl (C=O) groups excluding carboxylic acids is 4. The van der Waals surface area contributed by atoms with Crippen molar-refractivity contribution in [2.45, 2.75) is 81.5 Å². The highest BCUT2D eigenvalue weighted by Gasteiger charge is 2.72. The maximum atomic E-state index is 13.6. The molecular weight excluding hydrogens is 558 g/mol. The smallest absolute Gasteiger partial charge is 0.357 e. The van der Waals surface area contributed by atoms with Crippen LogP contribution in [0.2, 0.25) is 0 Å². The molecule has 1 aromatic carbocycles. The summed E-state index contributed by atoms with van der Waals surface area (Å²) < 4.78 is 26.7. The van der Waals surface area contributed by atoms with E-state index in [0.29, 0.717) is 24.9 Å². The van der Waals surface area contributed by atoms with Gasteiger partial charge in [0, 0.05) is 31.9 Å². The lowest BCUT2D eigenvalue weighted by Gasteiger charge is -2.61. The van der Waals surface area contributed by atoms with Crippen LogP contribution in [-0.4, -0.2) is 99.7 Å². The number of aliphatic carboxylic acids is 1. The number of carboxylic acids is 1. The largest absolute Gasteiger partial charge is 0.504 e. The van der Waals surface area contributed by atoms with Gasteiger partial charge in [-0.05, 0) is 51.1 Å². The molecule has 226 valence electrons. The summed E-state index contributed by atoms with van der Waals surface area (Å²) >= 11 is 0. The average Bonchev–Trinajstić information content (AvgIpc) is 3.27. The SMILES string of the molecule is CC(=O)O[C@@H](C(=O)OC1=CC[C@@]2(O)[C@H]3Cc4ccc(O)c5c4[C@@]2(CCN3C)[C@H]1O5)[C@@H](OC(C)=O)C(=O)O[C@@H](C)C(=O)O. The van der Waals surface area contributed by atoms with Crippen molar-refractivity contribution < 1.29 is 63.0 Å². The highest BCUT2D eigenvalue weighted by molar-refractivity contribution is 5.90. The Morgan fingerprint density at radius 3 is 2.31 bits per heavy atom. The Morgan fingerprint density at radius 2 is 1.69 bits per heavy atom. The second-order valence-electron chi connectivity index (χ2n) is 11.0. The number of phenols is 1. The highest BCUT2D eigenvalue weighted by atomic mass is 16.6. The normalized spacial score (nSPS) is 29.0. The molecule has 3 N–H and O–H groups in total. The molecule has 1 aromatic rings. The van der Waals surface area contributed by atoms with Crippen LogP contribution in [-0.2, 0) is 54.8 Å². The number of hydrogen-bond donors (Lipinski definition) is 3. The molecule has 0 unspecified atom stereocenters. The first-order chi connectivity index (χ1) is 19.7. The minimum Gasteiger partial charge on any atom is -0.504 e. The van der Waals surface area contributed by atoms with E-state index in [1.54, 1.807) is 6.07 Å². The third kappa shape index (κ3) is 4.36. The summed E-state index contributed by atoms with van der Waals surface area (Å²) in [7, 11) is 1.91. The Morgan fingerprint density at radius 1 is 1.05 bits per heavy atom. The first kappa shape index (κ1) is 29.3. The van der Waals surface area contributed by atoms with Crippen LogP contribution < -0.4 is 4.74 Å². The summed E-state index contributed by atoms with van der Waals surface area (Å²) in [6, 6.07) is 2.98. The zero-order valence-corrected chi connectivity index (χ0v) is 23.3. The van der Waals surface area contributed by atoms with Crippen molar-refractivity contribution in [1.82, 2.24) is 4.90 Å². The van der Waals surface area contributed by atoms with Crippen LogP contribution in [0.15, 0.2) is 24.0 Å². The molecule has 2 bridgehead atoms. The predicted molar refractivity (Wildman–Crippen MR) is 137 cm³/mol. The van der Waals surface area contributed by atoms with E-state index in [-0.39, 0.29) is 29.7 Å². The van der Waals surface area contributed by atoms with Crippen molar-refractivity contribution in [2.75, 3.05) is 13.6 Å². The molecule has 14 nitrogen and oxygen atoms in total. The second-order valence-corrected chi connectivity index (χ2v) is 11.0. The van der Waals surface area contributed by atoms with Crippen molar-refractivity contribution >= 4 is 29.8 Å². The zero-order valence-electron chi connectivity index (χ0n) is 23.3. The highest BCUT2D eigenvalue weighted by Crippen LogP contribution is 2.65. The number of likely N-dealkylation sites (tertiary alicyclic amines) is 1. The van der Waals surface area contributed by atoms with Crippen LogP contribution in [0.3, 0.4) is 0 Å². The standard InChI is InChI=1S/C28H31NO13/c1-12(24(33)34)38-25(35)21(39-13(2)30)22(40-14(3)31)26(36)41-17-7-8-28(37)18-11-15-5-6-16(32)20-19(15)27(28,23(17)42-20)9-10-29(18)4/h5-7,12,18,21-23,32,37H,8-11H2,1-4H3,(H,33,34)/t12-,18+,21+,22+,23-,27-,28+/m0/s1. The van der Waals surface area contributed by atoms with E-state index in [4.69, 9.17) is 28.8 Å². The molecule has 14 heteroatoms. The molecule has 0 saturated carbocycles. The number of hydrogen-bond acceptors (Lipinski definition) is 13. The van der Waals surface area contributed by atoms with Gasteiger partial charge in [-0.1, -0.05) is 6.07 Å². The third-order valence-electron chi connectivity index (χ3n) is 8.54. The van der Waals surface area contributed by atoms with Crippen LogP contribution in [0, 0.1) is 0 Å². The van der Waals surface area contributed by atoms with Gasteiger partial charge in [0.15, 0.2) is 23.7 Å². The van der Waals surface area contributed by atoms with Crippen LogP contribution in [0.5, 0.6) is 11.5 Å². The number of esters is 4. The number of carbonyl (C=O) groups is 5. The average molecular weight is 590 g/mol. The summed E-state index contributed by atoms with van der Waals surface area (Å²) in [5.41, 5.74) is -0.930. The Labute approximate surface area is 239 Å². The molecular formula is C28H31NO13. The molecule has 2 aliphatic heterocycles. The maximum Gasteiger partial charge on any atom is 0.357 e. The van der Waals surface area contributed by atoms with E-state index in [1.165, 1.54) is 12.1 Å². The summed E-state index contributed by atoms with van der Waals surface area (Å²) in [5.74, 6) is -6.45. The monoisotopic (exact) mass is 589 g/mol. The first-order valence-corrected chi connectivity index (χ1v) is 13.3. The lowest BCUT2D eigenvalue weighted by Crippen LogP contribution is -2.74. The third-order valence-corrected chi connectivity index (χ3v) is 8.54. The Hall–Kier alpha value is -4.17. The molecule has 2 aliphatic carbocycles.